The number of rotatable bonds is 7. The Kier molecular flexibility index (Phi) is 6.03. The number of carbonyl (C=O) groups excluding carboxylic acids is 1. The summed E-state index contributed by atoms with van der Waals surface area (Å²) in [5, 5.41) is 11.7. The average molecular weight is 230 g/mol. The van der Waals surface area contributed by atoms with Gasteiger partial charge in [-0.15, -0.1) is 0 Å². The van der Waals surface area contributed by atoms with Crippen LogP contribution in [0.2, 0.25) is 0 Å². The maximum atomic E-state index is 11.5. The molecule has 0 fully saturated rings. The summed E-state index contributed by atoms with van der Waals surface area (Å²) in [6.07, 6.45) is 1.97. The van der Waals surface area contributed by atoms with E-state index in [2.05, 4.69) is 5.32 Å². The Morgan fingerprint density at radius 1 is 1.38 bits per heavy atom. The van der Waals surface area contributed by atoms with Crippen molar-refractivity contribution in [3.63, 3.8) is 0 Å². The largest absolute Gasteiger partial charge is 0.480 e. The highest BCUT2D eigenvalue weighted by molar-refractivity contribution is 5.81. The molecule has 0 rings (SSSR count). The number of aliphatic carboxylic acids is 1. The van der Waals surface area contributed by atoms with Gasteiger partial charge in [-0.1, -0.05) is 13.3 Å². The summed E-state index contributed by atoms with van der Waals surface area (Å²) in [6, 6.07) is 0. The van der Waals surface area contributed by atoms with Crippen LogP contribution in [-0.4, -0.2) is 47.6 Å². The SMILES string of the molecule is CCCCNC(=O)CN(C)C(C)(C)C(=O)O. The van der Waals surface area contributed by atoms with Gasteiger partial charge in [-0.05, 0) is 27.3 Å². The second kappa shape index (κ2) is 6.48. The molecule has 0 spiro atoms. The predicted octanol–water partition coefficient (Wildman–Crippen LogP) is 0.698. The van der Waals surface area contributed by atoms with E-state index < -0.39 is 11.5 Å². The quantitative estimate of drug-likeness (QED) is 0.632. The Bertz CT molecular complexity index is 252. The Morgan fingerprint density at radius 3 is 2.38 bits per heavy atom. The third-order valence-electron chi connectivity index (χ3n) is 2.71. The minimum Gasteiger partial charge on any atom is -0.480 e. The molecule has 5 nitrogen and oxygen atoms in total. The van der Waals surface area contributed by atoms with Crippen LogP contribution in [0.1, 0.15) is 33.6 Å². The summed E-state index contributed by atoms with van der Waals surface area (Å²) in [4.78, 5) is 23.9. The van der Waals surface area contributed by atoms with Gasteiger partial charge in [0.25, 0.3) is 0 Å². The Labute approximate surface area is 96.8 Å². The van der Waals surface area contributed by atoms with Crippen LogP contribution in [0.15, 0.2) is 0 Å². The second-order valence-corrected chi connectivity index (χ2v) is 4.42. The van der Waals surface area contributed by atoms with Gasteiger partial charge in [0.15, 0.2) is 0 Å². The predicted molar refractivity (Wildman–Crippen MR) is 62.3 cm³/mol. The monoisotopic (exact) mass is 230 g/mol. The van der Waals surface area contributed by atoms with Gasteiger partial charge < -0.3 is 10.4 Å². The Hall–Kier alpha value is -1.10. The molecule has 0 atom stereocenters. The summed E-state index contributed by atoms with van der Waals surface area (Å²) >= 11 is 0. The van der Waals surface area contributed by atoms with Gasteiger partial charge in [0.05, 0.1) is 6.54 Å². The molecule has 2 N–H and O–H groups in total. The second-order valence-electron chi connectivity index (χ2n) is 4.42. The fraction of sp³-hybridized carbons (Fsp3) is 0.818. The van der Waals surface area contributed by atoms with E-state index in [0.29, 0.717) is 6.54 Å². The van der Waals surface area contributed by atoms with Crippen molar-refractivity contribution in [1.82, 2.24) is 10.2 Å². The molecule has 1 amide bonds. The molecule has 16 heavy (non-hydrogen) atoms. The lowest BCUT2D eigenvalue weighted by Gasteiger charge is -2.30. The molecule has 0 aromatic heterocycles. The number of hydrogen-bond acceptors (Lipinski definition) is 3. The Morgan fingerprint density at radius 2 is 1.94 bits per heavy atom. The van der Waals surface area contributed by atoms with Gasteiger partial charge in [-0.3, -0.25) is 14.5 Å². The fourth-order valence-corrected chi connectivity index (χ4v) is 1.04. The molecule has 0 radical (unpaired) electrons. The lowest BCUT2D eigenvalue weighted by atomic mass is 10.0. The maximum absolute atomic E-state index is 11.5. The molecule has 0 unspecified atom stereocenters. The van der Waals surface area contributed by atoms with Crippen molar-refractivity contribution in [3.05, 3.63) is 0 Å². The Balaban J connectivity index is 4.09. The van der Waals surface area contributed by atoms with Crippen molar-refractivity contribution in [2.24, 2.45) is 0 Å². The van der Waals surface area contributed by atoms with Crippen LogP contribution in [-0.2, 0) is 9.59 Å². The average Bonchev–Trinajstić information content (AvgIpc) is 2.17. The molecule has 0 aromatic rings. The van der Waals surface area contributed by atoms with Crippen molar-refractivity contribution >= 4 is 11.9 Å². The van der Waals surface area contributed by atoms with Gasteiger partial charge >= 0.3 is 5.97 Å². The molecule has 0 saturated heterocycles. The first kappa shape index (κ1) is 14.9. The third kappa shape index (κ3) is 4.61. The molecule has 0 aliphatic rings. The fourth-order valence-electron chi connectivity index (χ4n) is 1.04. The topological polar surface area (TPSA) is 69.6 Å². The van der Waals surface area contributed by atoms with E-state index in [9.17, 15) is 9.59 Å². The molecular weight excluding hydrogens is 208 g/mol. The van der Waals surface area contributed by atoms with Crippen LogP contribution in [0.5, 0.6) is 0 Å². The molecule has 94 valence electrons. The van der Waals surface area contributed by atoms with E-state index in [-0.39, 0.29) is 12.5 Å². The van der Waals surface area contributed by atoms with Crippen molar-refractivity contribution in [2.45, 2.75) is 39.2 Å². The third-order valence-corrected chi connectivity index (χ3v) is 2.71. The molecule has 0 heterocycles. The molecule has 5 heteroatoms. The summed E-state index contributed by atoms with van der Waals surface area (Å²) in [6.45, 7) is 5.95. The van der Waals surface area contributed by atoms with Crippen LogP contribution in [0.4, 0.5) is 0 Å². The smallest absolute Gasteiger partial charge is 0.323 e. The summed E-state index contributed by atoms with van der Waals surface area (Å²) in [5.74, 6) is -1.07. The normalized spacial score (nSPS) is 11.6. The highest BCUT2D eigenvalue weighted by Crippen LogP contribution is 2.11. The summed E-state index contributed by atoms with van der Waals surface area (Å²) in [5.41, 5.74) is -1.03. The summed E-state index contributed by atoms with van der Waals surface area (Å²) in [7, 11) is 1.63. The number of carbonyl (C=O) groups is 2. The number of carboxylic acids is 1. The van der Waals surface area contributed by atoms with E-state index >= 15 is 0 Å². The van der Waals surface area contributed by atoms with E-state index in [0.717, 1.165) is 12.8 Å². The standard InChI is InChI=1S/C11H22N2O3/c1-5-6-7-12-9(14)8-13(4)11(2,3)10(15)16/h5-8H2,1-4H3,(H,12,14)(H,15,16). The van der Waals surface area contributed by atoms with Crippen LogP contribution >= 0.6 is 0 Å². The van der Waals surface area contributed by atoms with Crippen LogP contribution in [0.25, 0.3) is 0 Å². The first-order chi connectivity index (χ1) is 7.32. The van der Waals surface area contributed by atoms with E-state index in [1.54, 1.807) is 20.9 Å². The molecule has 0 aliphatic heterocycles. The molecule has 0 bridgehead atoms. The number of nitrogens with one attached hydrogen (secondary N) is 1. The first-order valence-corrected chi connectivity index (χ1v) is 5.53. The van der Waals surface area contributed by atoms with E-state index in [4.69, 9.17) is 5.11 Å². The minimum atomic E-state index is -1.03. The van der Waals surface area contributed by atoms with Gasteiger partial charge in [-0.2, -0.15) is 0 Å². The lowest BCUT2D eigenvalue weighted by Crippen LogP contribution is -2.51. The number of amides is 1. The van der Waals surface area contributed by atoms with Gasteiger partial charge in [0.2, 0.25) is 5.91 Å². The highest BCUT2D eigenvalue weighted by atomic mass is 16.4. The lowest BCUT2D eigenvalue weighted by molar-refractivity contribution is -0.149. The van der Waals surface area contributed by atoms with E-state index in [1.165, 1.54) is 4.90 Å². The number of likely N-dealkylation sites (N-methyl/N-ethyl adjacent to an activating group) is 1. The summed E-state index contributed by atoms with van der Waals surface area (Å²) < 4.78 is 0. The number of hydrogen-bond donors (Lipinski definition) is 2. The minimum absolute atomic E-state index is 0.100. The molecular formula is C11H22N2O3. The van der Waals surface area contributed by atoms with E-state index in [1.807, 2.05) is 6.92 Å². The maximum Gasteiger partial charge on any atom is 0.323 e. The van der Waals surface area contributed by atoms with Gasteiger partial charge in [0, 0.05) is 6.54 Å². The van der Waals surface area contributed by atoms with Gasteiger partial charge in [-0.25, -0.2) is 0 Å². The van der Waals surface area contributed by atoms with Crippen LogP contribution in [0, 0.1) is 0 Å². The van der Waals surface area contributed by atoms with Crippen molar-refractivity contribution in [1.29, 1.82) is 0 Å². The number of nitrogens with zero attached hydrogens (tertiary/aromatic N) is 1. The number of unbranched alkanes of at least 4 members (excludes halogenated alkanes) is 1. The zero-order valence-corrected chi connectivity index (χ0v) is 10.5. The zero-order valence-electron chi connectivity index (χ0n) is 10.5. The zero-order chi connectivity index (χ0) is 12.8. The molecule has 0 aromatic carbocycles. The molecule has 0 aliphatic carbocycles. The van der Waals surface area contributed by atoms with Crippen molar-refractivity contribution < 1.29 is 14.7 Å². The van der Waals surface area contributed by atoms with Crippen molar-refractivity contribution in [2.75, 3.05) is 20.1 Å². The van der Waals surface area contributed by atoms with Crippen molar-refractivity contribution in [3.8, 4) is 0 Å². The van der Waals surface area contributed by atoms with Gasteiger partial charge in [0.1, 0.15) is 5.54 Å². The number of carboxylic acid groups (broad SMARTS) is 1. The van der Waals surface area contributed by atoms with Crippen LogP contribution < -0.4 is 5.32 Å². The van der Waals surface area contributed by atoms with Crippen LogP contribution in [0.3, 0.4) is 0 Å². The first-order valence-electron chi connectivity index (χ1n) is 5.53. The molecule has 0 saturated carbocycles. The highest BCUT2D eigenvalue weighted by Gasteiger charge is 2.32.